The number of amides is 2. The van der Waals surface area contributed by atoms with Gasteiger partial charge in [0.1, 0.15) is 17.3 Å². The summed E-state index contributed by atoms with van der Waals surface area (Å²) < 4.78 is 16.0. The Labute approximate surface area is 175 Å². The second-order valence-electron chi connectivity index (χ2n) is 6.03. The van der Waals surface area contributed by atoms with Gasteiger partial charge in [-0.15, -0.1) is 23.1 Å². The van der Waals surface area contributed by atoms with Gasteiger partial charge in [-0.3, -0.25) is 9.59 Å². The van der Waals surface area contributed by atoms with Crippen molar-refractivity contribution in [3.8, 4) is 11.5 Å². The standard InChI is InChI=1S/C21H17NO5S2/c1-25-13-7-8-15(16(11-13)26-2)22-20(23)18(17-6-4-10-28-17)19(21(22)24)29-12-14-5-3-9-27-14/h3-11H,12H2,1-2H3. The number of thioether (sulfide) groups is 1. The number of nitrogens with zero attached hydrogens (tertiary/aromatic N) is 1. The Morgan fingerprint density at radius 2 is 1.93 bits per heavy atom. The third kappa shape index (κ3) is 3.56. The van der Waals surface area contributed by atoms with Gasteiger partial charge in [-0.2, -0.15) is 0 Å². The van der Waals surface area contributed by atoms with Crippen molar-refractivity contribution in [3.05, 3.63) is 69.7 Å². The molecule has 2 aromatic heterocycles. The lowest BCUT2D eigenvalue weighted by Crippen LogP contribution is -2.31. The number of hydrogen-bond donors (Lipinski definition) is 0. The molecule has 0 atom stereocenters. The predicted molar refractivity (Wildman–Crippen MR) is 113 cm³/mol. The van der Waals surface area contributed by atoms with Crippen molar-refractivity contribution in [1.82, 2.24) is 0 Å². The first-order chi connectivity index (χ1) is 14.1. The van der Waals surface area contributed by atoms with Crippen molar-refractivity contribution in [3.63, 3.8) is 0 Å². The summed E-state index contributed by atoms with van der Waals surface area (Å²) in [6.07, 6.45) is 1.58. The molecule has 6 nitrogen and oxygen atoms in total. The number of carbonyl (C=O) groups excluding carboxylic acids is 2. The molecule has 2 amide bonds. The third-order valence-electron chi connectivity index (χ3n) is 4.38. The smallest absolute Gasteiger partial charge is 0.272 e. The number of rotatable bonds is 7. The van der Waals surface area contributed by atoms with Crippen LogP contribution >= 0.6 is 23.1 Å². The molecule has 0 radical (unpaired) electrons. The third-order valence-corrected chi connectivity index (χ3v) is 6.36. The van der Waals surface area contributed by atoms with E-state index in [0.29, 0.717) is 33.4 Å². The van der Waals surface area contributed by atoms with E-state index >= 15 is 0 Å². The monoisotopic (exact) mass is 427 g/mol. The Morgan fingerprint density at radius 3 is 2.59 bits per heavy atom. The maximum absolute atomic E-state index is 13.3. The lowest BCUT2D eigenvalue weighted by molar-refractivity contribution is -0.119. The van der Waals surface area contributed by atoms with Crippen molar-refractivity contribution in [1.29, 1.82) is 0 Å². The highest BCUT2D eigenvalue weighted by molar-refractivity contribution is 8.03. The zero-order chi connectivity index (χ0) is 20.4. The Balaban J connectivity index is 1.74. The average molecular weight is 428 g/mol. The van der Waals surface area contributed by atoms with Gasteiger partial charge >= 0.3 is 0 Å². The molecule has 8 heteroatoms. The normalized spacial score (nSPS) is 14.1. The van der Waals surface area contributed by atoms with Crippen LogP contribution in [0.2, 0.25) is 0 Å². The van der Waals surface area contributed by atoms with Gasteiger partial charge in [0.25, 0.3) is 11.8 Å². The van der Waals surface area contributed by atoms with Gasteiger partial charge in [0, 0.05) is 10.9 Å². The SMILES string of the molecule is COc1ccc(N2C(=O)C(SCc3ccco3)=C(c3cccs3)C2=O)c(OC)c1. The lowest BCUT2D eigenvalue weighted by atomic mass is 10.2. The summed E-state index contributed by atoms with van der Waals surface area (Å²) in [5.74, 6) is 1.39. The quantitative estimate of drug-likeness (QED) is 0.514. The molecular formula is C21H17NO5S2. The van der Waals surface area contributed by atoms with Crippen LogP contribution in [-0.2, 0) is 15.3 Å². The molecule has 3 heterocycles. The van der Waals surface area contributed by atoms with Crippen molar-refractivity contribution >= 4 is 46.2 Å². The van der Waals surface area contributed by atoms with E-state index in [-0.39, 0.29) is 11.8 Å². The van der Waals surface area contributed by atoms with Crippen LogP contribution in [-0.4, -0.2) is 26.0 Å². The second kappa shape index (κ2) is 8.18. The van der Waals surface area contributed by atoms with Crippen LogP contribution in [0.15, 0.2) is 63.4 Å². The number of furan rings is 1. The maximum Gasteiger partial charge on any atom is 0.272 e. The number of benzene rings is 1. The van der Waals surface area contributed by atoms with E-state index in [2.05, 4.69) is 0 Å². The van der Waals surface area contributed by atoms with Gasteiger partial charge in [-0.25, -0.2) is 4.90 Å². The van der Waals surface area contributed by atoms with Crippen molar-refractivity contribution in [2.24, 2.45) is 0 Å². The molecule has 0 spiro atoms. The zero-order valence-corrected chi connectivity index (χ0v) is 17.3. The average Bonchev–Trinajstić information content (AvgIpc) is 3.48. The summed E-state index contributed by atoms with van der Waals surface area (Å²) in [6.45, 7) is 0. The number of carbonyl (C=O) groups is 2. The van der Waals surface area contributed by atoms with Crippen LogP contribution in [0.4, 0.5) is 5.69 Å². The molecule has 4 rings (SSSR count). The highest BCUT2D eigenvalue weighted by atomic mass is 32.2. The first kappa shape index (κ1) is 19.4. The van der Waals surface area contributed by atoms with E-state index in [9.17, 15) is 9.59 Å². The summed E-state index contributed by atoms with van der Waals surface area (Å²) in [4.78, 5) is 29.0. The van der Waals surface area contributed by atoms with Gasteiger partial charge in [0.15, 0.2) is 0 Å². The summed E-state index contributed by atoms with van der Waals surface area (Å²) in [5.41, 5.74) is 0.783. The minimum Gasteiger partial charge on any atom is -0.497 e. The fourth-order valence-electron chi connectivity index (χ4n) is 3.01. The highest BCUT2D eigenvalue weighted by Crippen LogP contribution is 2.43. The molecule has 29 heavy (non-hydrogen) atoms. The molecule has 0 unspecified atom stereocenters. The molecular weight excluding hydrogens is 410 g/mol. The molecule has 0 saturated carbocycles. The topological polar surface area (TPSA) is 69.0 Å². The fraction of sp³-hybridized carbons (Fsp3) is 0.143. The number of hydrogen-bond acceptors (Lipinski definition) is 7. The molecule has 0 saturated heterocycles. The minimum atomic E-state index is -0.376. The summed E-state index contributed by atoms with van der Waals surface area (Å²) >= 11 is 2.72. The van der Waals surface area contributed by atoms with E-state index in [4.69, 9.17) is 13.9 Å². The first-order valence-electron chi connectivity index (χ1n) is 8.68. The highest BCUT2D eigenvalue weighted by Gasteiger charge is 2.41. The fourth-order valence-corrected chi connectivity index (χ4v) is 4.85. The molecule has 148 valence electrons. The minimum absolute atomic E-state index is 0.372. The van der Waals surface area contributed by atoms with Crippen LogP contribution < -0.4 is 14.4 Å². The maximum atomic E-state index is 13.3. The van der Waals surface area contributed by atoms with E-state index in [1.807, 2.05) is 23.6 Å². The van der Waals surface area contributed by atoms with Gasteiger partial charge < -0.3 is 13.9 Å². The molecule has 0 bridgehead atoms. The first-order valence-corrected chi connectivity index (χ1v) is 10.5. The van der Waals surface area contributed by atoms with Crippen molar-refractivity contribution in [2.45, 2.75) is 5.75 Å². The largest absolute Gasteiger partial charge is 0.497 e. The molecule has 0 N–H and O–H groups in total. The Morgan fingerprint density at radius 1 is 1.07 bits per heavy atom. The summed E-state index contributed by atoms with van der Waals surface area (Å²) in [6, 6.07) is 12.3. The van der Waals surface area contributed by atoms with E-state index in [1.54, 1.807) is 37.6 Å². The van der Waals surface area contributed by atoms with Gasteiger partial charge in [-0.1, -0.05) is 6.07 Å². The number of anilines is 1. The van der Waals surface area contributed by atoms with Crippen molar-refractivity contribution < 1.29 is 23.5 Å². The van der Waals surface area contributed by atoms with Gasteiger partial charge in [-0.05, 0) is 35.7 Å². The second-order valence-corrected chi connectivity index (χ2v) is 7.97. The van der Waals surface area contributed by atoms with Crippen LogP contribution in [0.1, 0.15) is 10.6 Å². The lowest BCUT2D eigenvalue weighted by Gasteiger charge is -2.18. The number of imide groups is 1. The Kier molecular flexibility index (Phi) is 5.46. The molecule has 0 fully saturated rings. The summed E-state index contributed by atoms with van der Waals surface area (Å²) in [7, 11) is 3.03. The molecule has 0 aliphatic carbocycles. The van der Waals surface area contributed by atoms with Crippen LogP contribution in [0.25, 0.3) is 5.57 Å². The van der Waals surface area contributed by atoms with E-state index in [0.717, 1.165) is 15.5 Å². The van der Waals surface area contributed by atoms with E-state index in [1.165, 1.54) is 30.2 Å². The molecule has 1 aliphatic heterocycles. The number of ether oxygens (including phenoxy) is 2. The predicted octanol–water partition coefficient (Wildman–Crippen LogP) is 4.58. The number of methoxy groups -OCH3 is 2. The van der Waals surface area contributed by atoms with Gasteiger partial charge in [0.05, 0.1) is 42.4 Å². The summed E-state index contributed by atoms with van der Waals surface area (Å²) in [5, 5.41) is 1.88. The van der Waals surface area contributed by atoms with Gasteiger partial charge in [0.2, 0.25) is 0 Å². The Bertz CT molecular complexity index is 1070. The molecule has 1 aliphatic rings. The van der Waals surface area contributed by atoms with Crippen LogP contribution in [0, 0.1) is 0 Å². The number of thiophene rings is 1. The zero-order valence-electron chi connectivity index (χ0n) is 15.7. The van der Waals surface area contributed by atoms with Crippen LogP contribution in [0.5, 0.6) is 11.5 Å². The Hall–Kier alpha value is -2.97. The van der Waals surface area contributed by atoms with Crippen molar-refractivity contribution in [2.75, 3.05) is 19.1 Å². The van der Waals surface area contributed by atoms with E-state index < -0.39 is 0 Å². The molecule has 3 aromatic rings. The molecule has 1 aromatic carbocycles. The van der Waals surface area contributed by atoms with Crippen LogP contribution in [0.3, 0.4) is 0 Å².